The molecule has 6 heteroatoms. The van der Waals surface area contributed by atoms with Crippen molar-refractivity contribution in [2.24, 2.45) is 0 Å². The molecule has 0 aliphatic carbocycles. The Morgan fingerprint density at radius 2 is 2.30 bits per heavy atom. The first-order chi connectivity index (χ1) is 9.61. The van der Waals surface area contributed by atoms with Crippen molar-refractivity contribution in [2.75, 3.05) is 17.7 Å². The molecule has 1 aromatic carbocycles. The highest BCUT2D eigenvalue weighted by Gasteiger charge is 2.13. The van der Waals surface area contributed by atoms with Crippen LogP contribution < -0.4 is 11.1 Å². The molecular formula is C14H17N3O3. The van der Waals surface area contributed by atoms with Crippen molar-refractivity contribution >= 4 is 17.7 Å². The van der Waals surface area contributed by atoms with Gasteiger partial charge in [-0.05, 0) is 31.0 Å². The monoisotopic (exact) mass is 275 g/mol. The van der Waals surface area contributed by atoms with Crippen LogP contribution in [0.15, 0.2) is 28.9 Å². The van der Waals surface area contributed by atoms with Gasteiger partial charge in [-0.1, -0.05) is 12.1 Å². The predicted molar refractivity (Wildman–Crippen MR) is 75.4 cm³/mol. The van der Waals surface area contributed by atoms with Crippen molar-refractivity contribution in [3.05, 3.63) is 41.3 Å². The van der Waals surface area contributed by atoms with Crippen LogP contribution in [0.4, 0.5) is 11.7 Å². The molecule has 0 saturated carbocycles. The lowest BCUT2D eigenvalue weighted by molar-refractivity contribution is 0.0519. The summed E-state index contributed by atoms with van der Waals surface area (Å²) in [5.41, 5.74) is 8.78. The van der Waals surface area contributed by atoms with E-state index in [2.05, 4.69) is 10.3 Å². The fraction of sp³-hybridized carbons (Fsp3) is 0.286. The summed E-state index contributed by atoms with van der Waals surface area (Å²) in [6, 6.07) is 5.98. The number of carbonyl (C=O) groups excluding carboxylic acids is 1. The van der Waals surface area contributed by atoms with E-state index < -0.39 is 5.97 Å². The van der Waals surface area contributed by atoms with Gasteiger partial charge in [0.05, 0.1) is 6.61 Å². The molecular weight excluding hydrogens is 258 g/mol. The van der Waals surface area contributed by atoms with Crippen molar-refractivity contribution in [1.29, 1.82) is 0 Å². The number of benzene rings is 1. The predicted octanol–water partition coefficient (Wildman–Crippen LogP) is 2.35. The Morgan fingerprint density at radius 3 is 3.05 bits per heavy atom. The smallest absolute Gasteiger partial charge is 0.360 e. The van der Waals surface area contributed by atoms with Crippen LogP contribution >= 0.6 is 0 Å². The maximum Gasteiger partial charge on any atom is 0.360 e. The van der Waals surface area contributed by atoms with Crippen molar-refractivity contribution in [1.82, 2.24) is 4.98 Å². The van der Waals surface area contributed by atoms with E-state index in [1.807, 2.05) is 25.1 Å². The molecule has 1 heterocycles. The van der Waals surface area contributed by atoms with Gasteiger partial charge in [0.2, 0.25) is 0 Å². The molecule has 20 heavy (non-hydrogen) atoms. The van der Waals surface area contributed by atoms with Gasteiger partial charge in [-0.2, -0.15) is 4.98 Å². The lowest BCUT2D eigenvalue weighted by atomic mass is 10.1. The Bertz CT molecular complexity index is 607. The maximum atomic E-state index is 11.4. The van der Waals surface area contributed by atoms with Crippen LogP contribution in [-0.2, 0) is 11.3 Å². The SMILES string of the molecule is CCOC(=O)c1coc(NCc2cccc(N)c2C)n1. The molecule has 6 nitrogen and oxygen atoms in total. The number of ether oxygens (including phenoxy) is 1. The summed E-state index contributed by atoms with van der Waals surface area (Å²) in [6.45, 7) is 4.50. The topological polar surface area (TPSA) is 90.4 Å². The van der Waals surface area contributed by atoms with E-state index in [-0.39, 0.29) is 11.7 Å². The van der Waals surface area contributed by atoms with Crippen LogP contribution in [0.25, 0.3) is 0 Å². The van der Waals surface area contributed by atoms with Crippen molar-refractivity contribution in [3.8, 4) is 0 Å². The summed E-state index contributed by atoms with van der Waals surface area (Å²) in [7, 11) is 0. The number of oxazole rings is 1. The largest absolute Gasteiger partial charge is 0.461 e. The van der Waals surface area contributed by atoms with Gasteiger partial charge in [0, 0.05) is 12.2 Å². The first-order valence-electron chi connectivity index (χ1n) is 6.32. The fourth-order valence-corrected chi connectivity index (χ4v) is 1.72. The number of hydrogen-bond donors (Lipinski definition) is 2. The molecule has 0 spiro atoms. The van der Waals surface area contributed by atoms with Crippen molar-refractivity contribution in [3.63, 3.8) is 0 Å². The molecule has 1 aromatic heterocycles. The molecule has 2 aromatic rings. The number of esters is 1. The third-order valence-electron chi connectivity index (χ3n) is 2.91. The van der Waals surface area contributed by atoms with Crippen LogP contribution in [0.3, 0.4) is 0 Å². The van der Waals surface area contributed by atoms with Gasteiger partial charge in [0.1, 0.15) is 6.26 Å². The Balaban J connectivity index is 2.01. The number of carbonyl (C=O) groups is 1. The van der Waals surface area contributed by atoms with Gasteiger partial charge in [-0.25, -0.2) is 4.79 Å². The van der Waals surface area contributed by atoms with Crippen LogP contribution in [0.5, 0.6) is 0 Å². The highest BCUT2D eigenvalue weighted by Crippen LogP contribution is 2.17. The number of nitrogens with one attached hydrogen (secondary N) is 1. The maximum absolute atomic E-state index is 11.4. The molecule has 0 amide bonds. The molecule has 0 fully saturated rings. The Kier molecular flexibility index (Phi) is 4.24. The molecule has 0 radical (unpaired) electrons. The minimum Gasteiger partial charge on any atom is -0.461 e. The third kappa shape index (κ3) is 3.09. The van der Waals surface area contributed by atoms with Crippen LogP contribution in [0.1, 0.15) is 28.5 Å². The van der Waals surface area contributed by atoms with Gasteiger partial charge < -0.3 is 20.2 Å². The van der Waals surface area contributed by atoms with Crippen LogP contribution in [-0.4, -0.2) is 17.6 Å². The average molecular weight is 275 g/mol. The number of rotatable bonds is 5. The molecule has 0 bridgehead atoms. The second kappa shape index (κ2) is 6.10. The molecule has 2 rings (SSSR count). The summed E-state index contributed by atoms with van der Waals surface area (Å²) in [6.07, 6.45) is 1.27. The van der Waals surface area contributed by atoms with Crippen molar-refractivity contribution in [2.45, 2.75) is 20.4 Å². The first-order valence-corrected chi connectivity index (χ1v) is 6.32. The number of nitrogen functional groups attached to an aromatic ring is 1. The summed E-state index contributed by atoms with van der Waals surface area (Å²) in [5, 5.41) is 3.01. The summed E-state index contributed by atoms with van der Waals surface area (Å²) in [4.78, 5) is 15.5. The number of hydrogen-bond acceptors (Lipinski definition) is 6. The standard InChI is InChI=1S/C14H17N3O3/c1-3-19-13(18)12-8-20-14(17-12)16-7-10-5-4-6-11(15)9(10)2/h4-6,8H,3,7,15H2,1-2H3,(H,16,17). The Labute approximate surface area is 116 Å². The van der Waals surface area contributed by atoms with Gasteiger partial charge in [-0.3, -0.25) is 0 Å². The highest BCUT2D eigenvalue weighted by molar-refractivity contribution is 5.87. The van der Waals surface area contributed by atoms with E-state index in [4.69, 9.17) is 14.9 Å². The van der Waals surface area contributed by atoms with Crippen LogP contribution in [0.2, 0.25) is 0 Å². The number of aromatic nitrogens is 1. The summed E-state index contributed by atoms with van der Waals surface area (Å²) >= 11 is 0. The van der Waals surface area contributed by atoms with Gasteiger partial charge in [-0.15, -0.1) is 0 Å². The summed E-state index contributed by atoms with van der Waals surface area (Å²) < 4.78 is 10.0. The number of nitrogens with zero attached hydrogens (tertiary/aromatic N) is 1. The average Bonchev–Trinajstić information content (AvgIpc) is 2.90. The highest BCUT2D eigenvalue weighted by atomic mass is 16.5. The molecule has 0 atom stereocenters. The minimum atomic E-state index is -0.496. The zero-order chi connectivity index (χ0) is 14.5. The van der Waals surface area contributed by atoms with E-state index in [1.54, 1.807) is 6.92 Å². The molecule has 0 saturated heterocycles. The summed E-state index contributed by atoms with van der Waals surface area (Å²) in [5.74, 6) is -0.496. The quantitative estimate of drug-likeness (QED) is 0.643. The molecule has 0 aliphatic heterocycles. The zero-order valence-corrected chi connectivity index (χ0v) is 11.5. The first kappa shape index (κ1) is 13.9. The van der Waals surface area contributed by atoms with E-state index in [9.17, 15) is 4.79 Å². The van der Waals surface area contributed by atoms with E-state index in [0.717, 1.165) is 16.8 Å². The number of anilines is 2. The van der Waals surface area contributed by atoms with Gasteiger partial charge >= 0.3 is 5.97 Å². The molecule has 106 valence electrons. The van der Waals surface area contributed by atoms with E-state index >= 15 is 0 Å². The molecule has 0 aliphatic rings. The lowest BCUT2D eigenvalue weighted by Crippen LogP contribution is -2.06. The van der Waals surface area contributed by atoms with E-state index in [0.29, 0.717) is 13.2 Å². The van der Waals surface area contributed by atoms with E-state index in [1.165, 1.54) is 6.26 Å². The van der Waals surface area contributed by atoms with Gasteiger partial charge in [0.15, 0.2) is 5.69 Å². The van der Waals surface area contributed by atoms with Crippen LogP contribution in [0, 0.1) is 6.92 Å². The second-order valence-electron chi connectivity index (χ2n) is 4.24. The number of nitrogens with two attached hydrogens (primary N) is 1. The molecule has 0 unspecified atom stereocenters. The third-order valence-corrected chi connectivity index (χ3v) is 2.91. The van der Waals surface area contributed by atoms with Gasteiger partial charge in [0.25, 0.3) is 6.01 Å². The van der Waals surface area contributed by atoms with Crippen molar-refractivity contribution < 1.29 is 13.9 Å². The zero-order valence-electron chi connectivity index (χ0n) is 11.5. The minimum absolute atomic E-state index is 0.152. The second-order valence-corrected chi connectivity index (χ2v) is 4.24. The molecule has 3 N–H and O–H groups in total. The Hall–Kier alpha value is -2.50. The normalized spacial score (nSPS) is 10.3. The Morgan fingerprint density at radius 1 is 1.50 bits per heavy atom. The fourth-order valence-electron chi connectivity index (χ4n) is 1.72. The lowest BCUT2D eigenvalue weighted by Gasteiger charge is -2.08.